The van der Waals surface area contributed by atoms with Crippen LogP contribution in [0.15, 0.2) is 0 Å². The van der Waals surface area contributed by atoms with Gasteiger partial charge in [0.2, 0.25) is 0 Å². The van der Waals surface area contributed by atoms with E-state index in [1.54, 1.807) is 0 Å². The van der Waals surface area contributed by atoms with Gasteiger partial charge >= 0.3 is 5.96 Å². The van der Waals surface area contributed by atoms with Gasteiger partial charge in [-0.15, -0.1) is 0 Å². The van der Waals surface area contributed by atoms with Gasteiger partial charge in [-0.2, -0.15) is 0 Å². The molecule has 1 heterocycles. The van der Waals surface area contributed by atoms with Crippen molar-refractivity contribution in [1.29, 1.82) is 0 Å². The van der Waals surface area contributed by atoms with Crippen LogP contribution in [-0.4, -0.2) is 48.9 Å². The first-order valence-corrected chi connectivity index (χ1v) is 9.14. The molecule has 2 saturated carbocycles. The van der Waals surface area contributed by atoms with Crippen molar-refractivity contribution in [2.24, 2.45) is 0 Å². The van der Waals surface area contributed by atoms with Crippen molar-refractivity contribution in [2.75, 3.05) is 26.3 Å². The summed E-state index contributed by atoms with van der Waals surface area (Å²) in [7, 11) is 0. The molecule has 0 radical (unpaired) electrons. The van der Waals surface area contributed by atoms with Crippen molar-refractivity contribution >= 4 is 5.96 Å². The van der Waals surface area contributed by atoms with Gasteiger partial charge in [-0.1, -0.05) is 38.5 Å². The van der Waals surface area contributed by atoms with Crippen LogP contribution < -0.4 is 10.6 Å². The second kappa shape index (κ2) is 8.02. The Balaban J connectivity index is 1.64. The molecule has 0 atom stereocenters. The summed E-state index contributed by atoms with van der Waals surface area (Å²) in [5.41, 5.74) is 0. The molecule has 3 aliphatic rings. The number of hydrogen-bond acceptors (Lipinski definition) is 1. The smallest absolute Gasteiger partial charge is 0.346 e. The van der Waals surface area contributed by atoms with E-state index < -0.39 is 0 Å². The van der Waals surface area contributed by atoms with E-state index in [2.05, 4.69) is 15.2 Å². The third-order valence-electron chi connectivity index (χ3n) is 5.22. The summed E-state index contributed by atoms with van der Waals surface area (Å²) in [6.45, 7) is 3.77. The summed E-state index contributed by atoms with van der Waals surface area (Å²) in [6, 6.07) is 1.35. The molecule has 21 heavy (non-hydrogen) atoms. The van der Waals surface area contributed by atoms with Crippen LogP contribution in [0.1, 0.15) is 64.2 Å². The first-order valence-electron chi connectivity index (χ1n) is 9.14. The molecule has 2 N–H and O–H groups in total. The third kappa shape index (κ3) is 4.60. The number of ether oxygens (including phenoxy) is 1. The fourth-order valence-electron chi connectivity index (χ4n) is 3.89. The molecule has 0 bridgehead atoms. The monoisotopic (exact) mass is 294 g/mol. The van der Waals surface area contributed by atoms with Crippen LogP contribution in [0.25, 0.3) is 0 Å². The molecular weight excluding hydrogens is 262 g/mol. The van der Waals surface area contributed by atoms with E-state index in [1.165, 1.54) is 70.2 Å². The van der Waals surface area contributed by atoms with Crippen molar-refractivity contribution in [3.05, 3.63) is 0 Å². The highest BCUT2D eigenvalue weighted by atomic mass is 16.5. The summed E-state index contributed by atoms with van der Waals surface area (Å²) < 4.78 is 8.00. The minimum absolute atomic E-state index is 0.674. The second-order valence-electron chi connectivity index (χ2n) is 6.91. The number of rotatable bonds is 2. The summed E-state index contributed by atoms with van der Waals surface area (Å²) in [5.74, 6) is 1.30. The van der Waals surface area contributed by atoms with Gasteiger partial charge in [-0.3, -0.25) is 15.2 Å². The standard InChI is InChI=1S/C17H31N3O/c1-3-7-15(8-4-1)18-17(20-11-13-21-14-12-20)19-16-9-5-2-6-10-16/h15-16H,1-14H2,(H,18,19)/p+1. The molecule has 1 saturated heterocycles. The number of guanidine groups is 1. The lowest BCUT2D eigenvalue weighted by Gasteiger charge is -2.27. The van der Waals surface area contributed by atoms with E-state index in [0.717, 1.165) is 26.3 Å². The number of morpholine rings is 1. The molecule has 3 fully saturated rings. The normalized spacial score (nSPS) is 25.6. The lowest BCUT2D eigenvalue weighted by Crippen LogP contribution is -2.54. The Morgan fingerprint density at radius 2 is 1.19 bits per heavy atom. The first kappa shape index (κ1) is 15.1. The third-order valence-corrected chi connectivity index (χ3v) is 5.22. The molecule has 0 unspecified atom stereocenters. The molecule has 0 aromatic rings. The van der Waals surface area contributed by atoms with Gasteiger partial charge in [0.15, 0.2) is 0 Å². The van der Waals surface area contributed by atoms with Crippen LogP contribution in [0.4, 0.5) is 0 Å². The van der Waals surface area contributed by atoms with Crippen molar-refractivity contribution in [1.82, 2.24) is 10.6 Å². The number of nitrogens with one attached hydrogen (secondary N) is 2. The van der Waals surface area contributed by atoms with Crippen LogP contribution >= 0.6 is 0 Å². The zero-order valence-corrected chi connectivity index (χ0v) is 13.4. The van der Waals surface area contributed by atoms with Gasteiger partial charge < -0.3 is 4.74 Å². The molecule has 0 aromatic carbocycles. The molecule has 2 aliphatic carbocycles. The Morgan fingerprint density at radius 1 is 0.714 bits per heavy atom. The van der Waals surface area contributed by atoms with E-state index in [9.17, 15) is 0 Å². The van der Waals surface area contributed by atoms with Gasteiger partial charge in [-0.25, -0.2) is 0 Å². The summed E-state index contributed by atoms with van der Waals surface area (Å²) in [5, 5.41) is 7.70. The zero-order chi connectivity index (χ0) is 14.3. The van der Waals surface area contributed by atoms with E-state index in [1.807, 2.05) is 0 Å². The molecular formula is C17H32N3O+. The van der Waals surface area contributed by atoms with E-state index in [4.69, 9.17) is 4.74 Å². The second-order valence-corrected chi connectivity index (χ2v) is 6.91. The largest absolute Gasteiger partial charge is 0.375 e. The fraction of sp³-hybridized carbons (Fsp3) is 0.941. The molecule has 3 rings (SSSR count). The quantitative estimate of drug-likeness (QED) is 0.606. The Hall–Kier alpha value is -0.770. The fourth-order valence-corrected chi connectivity index (χ4v) is 3.89. The molecule has 120 valence electrons. The predicted molar refractivity (Wildman–Crippen MR) is 85.8 cm³/mol. The van der Waals surface area contributed by atoms with Crippen molar-refractivity contribution in [3.63, 3.8) is 0 Å². The van der Waals surface area contributed by atoms with Gasteiger partial charge in [-0.05, 0) is 25.7 Å². The van der Waals surface area contributed by atoms with Crippen molar-refractivity contribution in [3.8, 4) is 0 Å². The molecule has 4 nitrogen and oxygen atoms in total. The van der Waals surface area contributed by atoms with E-state index in [-0.39, 0.29) is 0 Å². The zero-order valence-electron chi connectivity index (χ0n) is 13.4. The minimum Gasteiger partial charge on any atom is -0.375 e. The molecule has 0 amide bonds. The lowest BCUT2D eigenvalue weighted by molar-refractivity contribution is -0.553. The summed E-state index contributed by atoms with van der Waals surface area (Å²) in [4.78, 5) is 0. The highest BCUT2D eigenvalue weighted by Crippen LogP contribution is 2.19. The van der Waals surface area contributed by atoms with Crippen LogP contribution in [-0.2, 0) is 4.74 Å². The van der Waals surface area contributed by atoms with Gasteiger partial charge in [0, 0.05) is 0 Å². The van der Waals surface area contributed by atoms with Gasteiger partial charge in [0.05, 0.1) is 38.4 Å². The molecule has 1 aliphatic heterocycles. The maximum Gasteiger partial charge on any atom is 0.346 e. The highest BCUT2D eigenvalue weighted by molar-refractivity contribution is 5.75. The Kier molecular flexibility index (Phi) is 5.78. The summed E-state index contributed by atoms with van der Waals surface area (Å²) in [6.07, 6.45) is 13.7. The Bertz CT molecular complexity index is 314. The highest BCUT2D eigenvalue weighted by Gasteiger charge is 2.26. The van der Waals surface area contributed by atoms with Crippen LogP contribution in [0.3, 0.4) is 0 Å². The Labute approximate surface area is 129 Å². The summed E-state index contributed by atoms with van der Waals surface area (Å²) >= 11 is 0. The average Bonchev–Trinajstić information content (AvgIpc) is 2.57. The Morgan fingerprint density at radius 3 is 1.67 bits per heavy atom. The van der Waals surface area contributed by atoms with Crippen molar-refractivity contribution in [2.45, 2.75) is 76.3 Å². The van der Waals surface area contributed by atoms with E-state index in [0.29, 0.717) is 12.1 Å². The van der Waals surface area contributed by atoms with Crippen molar-refractivity contribution < 1.29 is 9.31 Å². The number of hydrogen-bond donors (Lipinski definition) is 2. The van der Waals surface area contributed by atoms with Crippen LogP contribution in [0.5, 0.6) is 0 Å². The SMILES string of the molecule is C1CCC(NC(NC2CCCCC2)=[N+]2CCOCC2)CC1. The van der Waals surface area contributed by atoms with Gasteiger partial charge in [0.25, 0.3) is 0 Å². The average molecular weight is 294 g/mol. The van der Waals surface area contributed by atoms with E-state index >= 15 is 0 Å². The molecule has 4 heteroatoms. The lowest BCUT2D eigenvalue weighted by atomic mass is 9.95. The predicted octanol–water partition coefficient (Wildman–Crippen LogP) is 2.23. The maximum absolute atomic E-state index is 5.52. The van der Waals surface area contributed by atoms with Crippen LogP contribution in [0, 0.1) is 0 Å². The van der Waals surface area contributed by atoms with Gasteiger partial charge in [0.1, 0.15) is 0 Å². The first-order chi connectivity index (χ1) is 10.4. The van der Waals surface area contributed by atoms with Crippen LogP contribution in [0.2, 0.25) is 0 Å². The number of nitrogens with zero attached hydrogens (tertiary/aromatic N) is 1. The maximum atomic E-state index is 5.52. The topological polar surface area (TPSA) is 36.3 Å². The molecule has 0 spiro atoms. The minimum atomic E-state index is 0.674. The molecule has 0 aromatic heterocycles.